The minimum absolute atomic E-state index is 0.178. The zero-order valence-corrected chi connectivity index (χ0v) is 10.8. The standard InChI is InChI=1S/C15H13F2NO2/c1-18-15(11-7-10(16)3-4-12(11)17)9-2-5-13-14(6-9)20-8-19-13/h2-7,15,18H,8H2,1H3. The largest absolute Gasteiger partial charge is 0.454 e. The molecule has 0 spiro atoms. The third-order valence-corrected chi connectivity index (χ3v) is 3.29. The van der Waals surface area contributed by atoms with E-state index < -0.39 is 17.7 Å². The molecule has 104 valence electrons. The first-order valence-electron chi connectivity index (χ1n) is 6.21. The van der Waals surface area contributed by atoms with E-state index in [0.717, 1.165) is 17.7 Å². The van der Waals surface area contributed by atoms with Crippen LogP contribution in [0.5, 0.6) is 11.5 Å². The molecule has 1 atom stereocenters. The molecule has 20 heavy (non-hydrogen) atoms. The molecule has 0 saturated carbocycles. The van der Waals surface area contributed by atoms with E-state index in [0.29, 0.717) is 11.5 Å². The molecule has 0 saturated heterocycles. The lowest BCUT2D eigenvalue weighted by Gasteiger charge is -2.18. The van der Waals surface area contributed by atoms with Crippen LogP contribution in [0.3, 0.4) is 0 Å². The van der Waals surface area contributed by atoms with Crippen molar-refractivity contribution in [1.82, 2.24) is 5.32 Å². The summed E-state index contributed by atoms with van der Waals surface area (Å²) in [6, 6.07) is 8.31. The fourth-order valence-electron chi connectivity index (χ4n) is 2.33. The molecule has 3 rings (SSSR count). The number of hydrogen-bond donors (Lipinski definition) is 1. The zero-order valence-electron chi connectivity index (χ0n) is 10.8. The zero-order chi connectivity index (χ0) is 14.1. The number of nitrogens with one attached hydrogen (secondary N) is 1. The molecule has 0 radical (unpaired) electrons. The summed E-state index contributed by atoms with van der Waals surface area (Å²) >= 11 is 0. The normalized spacial score (nSPS) is 14.3. The molecule has 3 nitrogen and oxygen atoms in total. The molecule has 1 heterocycles. The Morgan fingerprint density at radius 2 is 1.85 bits per heavy atom. The fraction of sp³-hybridized carbons (Fsp3) is 0.200. The second-order valence-corrected chi connectivity index (χ2v) is 4.50. The summed E-state index contributed by atoms with van der Waals surface area (Å²) in [5, 5.41) is 2.99. The summed E-state index contributed by atoms with van der Waals surface area (Å²) in [6.07, 6.45) is 0. The molecule has 2 aromatic rings. The third-order valence-electron chi connectivity index (χ3n) is 3.29. The molecular formula is C15H13F2NO2. The van der Waals surface area contributed by atoms with Gasteiger partial charge in [-0.2, -0.15) is 0 Å². The van der Waals surface area contributed by atoms with Crippen LogP contribution in [0.25, 0.3) is 0 Å². The van der Waals surface area contributed by atoms with Crippen LogP contribution in [0.15, 0.2) is 36.4 Å². The monoisotopic (exact) mass is 277 g/mol. The van der Waals surface area contributed by atoms with E-state index in [1.165, 1.54) is 6.07 Å². The van der Waals surface area contributed by atoms with Crippen LogP contribution < -0.4 is 14.8 Å². The molecule has 5 heteroatoms. The van der Waals surface area contributed by atoms with Gasteiger partial charge in [0.25, 0.3) is 0 Å². The fourth-order valence-corrected chi connectivity index (χ4v) is 2.33. The molecule has 0 bridgehead atoms. The smallest absolute Gasteiger partial charge is 0.231 e. The van der Waals surface area contributed by atoms with Gasteiger partial charge in [-0.1, -0.05) is 6.07 Å². The van der Waals surface area contributed by atoms with Gasteiger partial charge in [-0.15, -0.1) is 0 Å². The van der Waals surface area contributed by atoms with E-state index in [4.69, 9.17) is 9.47 Å². The lowest BCUT2D eigenvalue weighted by Crippen LogP contribution is -2.19. The van der Waals surface area contributed by atoms with Crippen molar-refractivity contribution in [3.63, 3.8) is 0 Å². The van der Waals surface area contributed by atoms with Crippen molar-refractivity contribution in [3.05, 3.63) is 59.2 Å². The SMILES string of the molecule is CNC(c1ccc2c(c1)OCO2)c1cc(F)ccc1F. The minimum Gasteiger partial charge on any atom is -0.454 e. The number of fused-ring (bicyclic) bond motifs is 1. The van der Waals surface area contributed by atoms with Crippen molar-refractivity contribution < 1.29 is 18.3 Å². The highest BCUT2D eigenvalue weighted by molar-refractivity contribution is 5.47. The van der Waals surface area contributed by atoms with Crippen LogP contribution in [0.1, 0.15) is 17.2 Å². The Balaban J connectivity index is 2.03. The molecule has 0 amide bonds. The maximum absolute atomic E-state index is 13.9. The number of ether oxygens (including phenoxy) is 2. The Labute approximate surface area is 115 Å². The van der Waals surface area contributed by atoms with Gasteiger partial charge in [0, 0.05) is 5.56 Å². The Bertz CT molecular complexity index is 646. The van der Waals surface area contributed by atoms with Gasteiger partial charge in [-0.25, -0.2) is 8.78 Å². The van der Waals surface area contributed by atoms with Gasteiger partial charge in [0.05, 0.1) is 6.04 Å². The molecular weight excluding hydrogens is 264 g/mol. The Morgan fingerprint density at radius 1 is 1.05 bits per heavy atom. The van der Waals surface area contributed by atoms with Gasteiger partial charge in [0.15, 0.2) is 11.5 Å². The summed E-state index contributed by atoms with van der Waals surface area (Å²) in [7, 11) is 1.69. The number of rotatable bonds is 3. The van der Waals surface area contributed by atoms with Crippen LogP contribution in [0.4, 0.5) is 8.78 Å². The van der Waals surface area contributed by atoms with Gasteiger partial charge in [-0.3, -0.25) is 0 Å². The number of hydrogen-bond acceptors (Lipinski definition) is 3. The van der Waals surface area contributed by atoms with Gasteiger partial charge in [0.1, 0.15) is 11.6 Å². The second-order valence-electron chi connectivity index (χ2n) is 4.50. The summed E-state index contributed by atoms with van der Waals surface area (Å²) in [6.45, 7) is 0.178. The first-order chi connectivity index (χ1) is 9.69. The average Bonchev–Trinajstić information content (AvgIpc) is 2.91. The van der Waals surface area contributed by atoms with E-state index in [1.54, 1.807) is 25.2 Å². The molecule has 0 aliphatic carbocycles. The van der Waals surface area contributed by atoms with Crippen LogP contribution >= 0.6 is 0 Å². The first kappa shape index (κ1) is 12.9. The molecule has 1 aliphatic rings. The van der Waals surface area contributed by atoms with Crippen LogP contribution in [-0.2, 0) is 0 Å². The second kappa shape index (κ2) is 5.09. The van der Waals surface area contributed by atoms with Gasteiger partial charge >= 0.3 is 0 Å². The quantitative estimate of drug-likeness (QED) is 0.935. The summed E-state index contributed by atoms with van der Waals surface area (Å²) < 4.78 is 37.8. The number of halogens is 2. The summed E-state index contributed by atoms with van der Waals surface area (Å²) in [4.78, 5) is 0. The van der Waals surface area contributed by atoms with Crippen molar-refractivity contribution in [2.75, 3.05) is 13.8 Å². The molecule has 0 fully saturated rings. The summed E-state index contributed by atoms with van der Waals surface area (Å²) in [5.41, 5.74) is 1.03. The third kappa shape index (κ3) is 2.20. The highest BCUT2D eigenvalue weighted by atomic mass is 19.1. The van der Waals surface area contributed by atoms with E-state index in [-0.39, 0.29) is 12.4 Å². The van der Waals surface area contributed by atoms with Crippen molar-refractivity contribution in [3.8, 4) is 11.5 Å². The van der Waals surface area contributed by atoms with Gasteiger partial charge < -0.3 is 14.8 Å². The van der Waals surface area contributed by atoms with Crippen LogP contribution in [0, 0.1) is 11.6 Å². The van der Waals surface area contributed by atoms with E-state index in [1.807, 2.05) is 0 Å². The minimum atomic E-state index is -0.470. The Kier molecular flexibility index (Phi) is 3.28. The van der Waals surface area contributed by atoms with Crippen molar-refractivity contribution in [2.24, 2.45) is 0 Å². The molecule has 1 unspecified atom stereocenters. The summed E-state index contributed by atoms with van der Waals surface area (Å²) in [5.74, 6) is 0.341. The predicted molar refractivity (Wildman–Crippen MR) is 69.8 cm³/mol. The lowest BCUT2D eigenvalue weighted by atomic mass is 9.98. The highest BCUT2D eigenvalue weighted by Crippen LogP contribution is 2.36. The topological polar surface area (TPSA) is 30.5 Å². The van der Waals surface area contributed by atoms with Crippen molar-refractivity contribution in [2.45, 2.75) is 6.04 Å². The number of benzene rings is 2. The van der Waals surface area contributed by atoms with Crippen LogP contribution in [0.2, 0.25) is 0 Å². The lowest BCUT2D eigenvalue weighted by molar-refractivity contribution is 0.174. The van der Waals surface area contributed by atoms with E-state index in [9.17, 15) is 8.78 Å². The molecule has 2 aromatic carbocycles. The maximum atomic E-state index is 13.9. The van der Waals surface area contributed by atoms with Crippen LogP contribution in [-0.4, -0.2) is 13.8 Å². The Morgan fingerprint density at radius 3 is 2.65 bits per heavy atom. The first-order valence-corrected chi connectivity index (χ1v) is 6.21. The highest BCUT2D eigenvalue weighted by Gasteiger charge is 2.20. The van der Waals surface area contributed by atoms with Gasteiger partial charge in [0.2, 0.25) is 6.79 Å². The molecule has 1 aliphatic heterocycles. The van der Waals surface area contributed by atoms with Gasteiger partial charge in [-0.05, 0) is 42.9 Å². The average molecular weight is 277 g/mol. The Hall–Kier alpha value is -2.14. The van der Waals surface area contributed by atoms with Crippen molar-refractivity contribution in [1.29, 1.82) is 0 Å². The van der Waals surface area contributed by atoms with E-state index >= 15 is 0 Å². The molecule has 1 N–H and O–H groups in total. The molecule has 0 aromatic heterocycles. The van der Waals surface area contributed by atoms with Crippen molar-refractivity contribution >= 4 is 0 Å². The van der Waals surface area contributed by atoms with E-state index in [2.05, 4.69) is 5.32 Å². The maximum Gasteiger partial charge on any atom is 0.231 e. The predicted octanol–water partition coefficient (Wildman–Crippen LogP) is 3.00.